The number of benzene rings is 1. The van der Waals surface area contributed by atoms with E-state index in [1.165, 1.54) is 7.11 Å². The summed E-state index contributed by atoms with van der Waals surface area (Å²) in [6.07, 6.45) is 0.275. The molecule has 0 aliphatic rings. The first-order chi connectivity index (χ1) is 8.72. The van der Waals surface area contributed by atoms with Crippen molar-refractivity contribution >= 4 is 5.91 Å². The molecule has 1 aromatic rings. The molecule has 1 aromatic carbocycles. The number of aliphatic hydroxyl groups is 1. The summed E-state index contributed by atoms with van der Waals surface area (Å²) in [4.78, 5) is 11.3. The lowest BCUT2D eigenvalue weighted by molar-refractivity contribution is -0.121. The van der Waals surface area contributed by atoms with Gasteiger partial charge in [-0.15, -0.1) is 0 Å². The Labute approximate surface area is 107 Å². The van der Waals surface area contributed by atoms with Gasteiger partial charge in [-0.2, -0.15) is 0 Å². The van der Waals surface area contributed by atoms with Crippen molar-refractivity contribution in [3.63, 3.8) is 0 Å². The third-order valence-corrected chi connectivity index (χ3v) is 2.40. The fraction of sp³-hybridized carbons (Fsp3) is 0.462. The van der Waals surface area contributed by atoms with E-state index in [-0.39, 0.29) is 25.5 Å². The van der Waals surface area contributed by atoms with Crippen molar-refractivity contribution in [1.82, 2.24) is 5.32 Å². The summed E-state index contributed by atoms with van der Waals surface area (Å²) in [5.41, 5.74) is 0.644. The predicted octanol–water partition coefficient (Wildman–Crippen LogP) is 1.09. The minimum Gasteiger partial charge on any atom is -0.493 e. The predicted molar refractivity (Wildman–Crippen MR) is 67.7 cm³/mol. The van der Waals surface area contributed by atoms with Gasteiger partial charge >= 0.3 is 0 Å². The normalized spacial score (nSPS) is 9.94. The van der Waals surface area contributed by atoms with E-state index in [4.69, 9.17) is 9.47 Å². The van der Waals surface area contributed by atoms with Crippen LogP contribution in [0.25, 0.3) is 0 Å². The zero-order valence-corrected chi connectivity index (χ0v) is 10.7. The Kier molecular flexibility index (Phi) is 6.00. The second kappa shape index (κ2) is 7.55. The number of hydrogen-bond donors (Lipinski definition) is 2. The maximum absolute atomic E-state index is 11.3. The first-order valence-corrected chi connectivity index (χ1v) is 5.89. The van der Waals surface area contributed by atoms with E-state index in [0.29, 0.717) is 23.6 Å². The summed E-state index contributed by atoms with van der Waals surface area (Å²) in [5, 5.41) is 11.9. The Morgan fingerprint density at radius 3 is 2.83 bits per heavy atom. The Balaban J connectivity index is 2.62. The van der Waals surface area contributed by atoms with Crippen LogP contribution >= 0.6 is 0 Å². The number of hydrogen-bond acceptors (Lipinski definition) is 4. The Morgan fingerprint density at radius 1 is 1.44 bits per heavy atom. The number of ether oxygens (including phenoxy) is 2. The van der Waals surface area contributed by atoms with E-state index in [1.54, 1.807) is 18.2 Å². The second-order valence-corrected chi connectivity index (χ2v) is 3.66. The van der Waals surface area contributed by atoms with Gasteiger partial charge in [0.05, 0.1) is 26.7 Å². The summed E-state index contributed by atoms with van der Waals surface area (Å²) in [6, 6.07) is 5.28. The Morgan fingerprint density at radius 2 is 2.22 bits per heavy atom. The monoisotopic (exact) mass is 253 g/mol. The first kappa shape index (κ1) is 14.3. The quantitative estimate of drug-likeness (QED) is 0.763. The van der Waals surface area contributed by atoms with Crippen LogP contribution in [0.1, 0.15) is 18.9 Å². The highest BCUT2D eigenvalue weighted by atomic mass is 16.5. The molecule has 0 radical (unpaired) electrons. The van der Waals surface area contributed by atoms with Crippen molar-refractivity contribution in [2.75, 3.05) is 20.3 Å². The van der Waals surface area contributed by atoms with Crippen LogP contribution in [0.3, 0.4) is 0 Å². The average Bonchev–Trinajstić information content (AvgIpc) is 2.39. The van der Waals surface area contributed by atoms with E-state index < -0.39 is 0 Å². The number of carbonyl (C=O) groups is 1. The molecule has 5 nitrogen and oxygen atoms in total. The Hall–Kier alpha value is -1.75. The van der Waals surface area contributed by atoms with Crippen LogP contribution in [0.4, 0.5) is 0 Å². The zero-order chi connectivity index (χ0) is 13.4. The number of methoxy groups -OCH3 is 1. The molecule has 2 N–H and O–H groups in total. The van der Waals surface area contributed by atoms with E-state index in [9.17, 15) is 9.90 Å². The Bertz CT molecular complexity index is 370. The number of amides is 1. The lowest BCUT2D eigenvalue weighted by Crippen LogP contribution is -2.24. The maximum atomic E-state index is 11.3. The van der Waals surface area contributed by atoms with Crippen molar-refractivity contribution in [1.29, 1.82) is 0 Å². The molecular weight excluding hydrogens is 234 g/mol. The van der Waals surface area contributed by atoms with Gasteiger partial charge in [0.1, 0.15) is 0 Å². The SMILES string of the molecule is CCNC(=O)CCOc1c(CO)cccc1OC. The van der Waals surface area contributed by atoms with Crippen LogP contribution in [-0.4, -0.2) is 31.3 Å². The molecule has 0 unspecified atom stereocenters. The number of carbonyl (C=O) groups excluding carboxylic acids is 1. The lowest BCUT2D eigenvalue weighted by atomic mass is 10.2. The number of nitrogens with one attached hydrogen (secondary N) is 1. The highest BCUT2D eigenvalue weighted by Gasteiger charge is 2.10. The van der Waals surface area contributed by atoms with Gasteiger partial charge in [-0.3, -0.25) is 4.79 Å². The highest BCUT2D eigenvalue weighted by molar-refractivity contribution is 5.75. The van der Waals surface area contributed by atoms with Crippen LogP contribution in [0, 0.1) is 0 Å². The molecular formula is C13H19NO4. The van der Waals surface area contributed by atoms with Gasteiger partial charge in [0, 0.05) is 12.1 Å². The van der Waals surface area contributed by atoms with Crippen molar-refractivity contribution in [3.05, 3.63) is 23.8 Å². The van der Waals surface area contributed by atoms with Gasteiger partial charge in [-0.25, -0.2) is 0 Å². The van der Waals surface area contributed by atoms with Crippen molar-refractivity contribution in [3.8, 4) is 11.5 Å². The molecule has 0 atom stereocenters. The molecule has 18 heavy (non-hydrogen) atoms. The van der Waals surface area contributed by atoms with Gasteiger partial charge in [0.25, 0.3) is 0 Å². The largest absolute Gasteiger partial charge is 0.493 e. The third-order valence-electron chi connectivity index (χ3n) is 2.40. The standard InChI is InChI=1S/C13H19NO4/c1-3-14-12(16)7-8-18-13-10(9-15)5-4-6-11(13)17-2/h4-6,15H,3,7-9H2,1-2H3,(H,14,16). The maximum Gasteiger partial charge on any atom is 0.223 e. The molecule has 1 amide bonds. The summed E-state index contributed by atoms with van der Waals surface area (Å²) in [6.45, 7) is 2.59. The smallest absolute Gasteiger partial charge is 0.223 e. The van der Waals surface area contributed by atoms with Crippen LogP contribution in [0.2, 0.25) is 0 Å². The van der Waals surface area contributed by atoms with Gasteiger partial charge in [0.15, 0.2) is 11.5 Å². The van der Waals surface area contributed by atoms with Gasteiger partial charge in [0.2, 0.25) is 5.91 Å². The molecule has 0 saturated heterocycles. The van der Waals surface area contributed by atoms with E-state index in [1.807, 2.05) is 6.92 Å². The van der Waals surface area contributed by atoms with Crippen LogP contribution < -0.4 is 14.8 Å². The second-order valence-electron chi connectivity index (χ2n) is 3.66. The minimum atomic E-state index is -0.131. The molecule has 0 heterocycles. The molecule has 0 spiro atoms. The summed E-state index contributed by atoms with van der Waals surface area (Å²) >= 11 is 0. The van der Waals surface area contributed by atoms with Gasteiger partial charge in [-0.05, 0) is 13.0 Å². The summed E-state index contributed by atoms with van der Waals surface area (Å²) in [5.74, 6) is 0.988. The summed E-state index contributed by atoms with van der Waals surface area (Å²) in [7, 11) is 1.53. The van der Waals surface area contributed by atoms with E-state index in [2.05, 4.69) is 5.32 Å². The fourth-order valence-corrected chi connectivity index (χ4v) is 1.54. The zero-order valence-electron chi connectivity index (χ0n) is 10.7. The van der Waals surface area contributed by atoms with Crippen molar-refractivity contribution in [2.45, 2.75) is 20.0 Å². The van der Waals surface area contributed by atoms with Crippen LogP contribution in [-0.2, 0) is 11.4 Å². The molecule has 0 bridgehead atoms. The molecule has 5 heteroatoms. The highest BCUT2D eigenvalue weighted by Crippen LogP contribution is 2.31. The minimum absolute atomic E-state index is 0.0575. The van der Waals surface area contributed by atoms with Crippen molar-refractivity contribution in [2.24, 2.45) is 0 Å². The first-order valence-electron chi connectivity index (χ1n) is 5.89. The molecule has 0 aliphatic heterocycles. The fourth-order valence-electron chi connectivity index (χ4n) is 1.54. The lowest BCUT2D eigenvalue weighted by Gasteiger charge is -2.13. The molecule has 0 aliphatic carbocycles. The molecule has 0 aromatic heterocycles. The molecule has 1 rings (SSSR count). The molecule has 0 saturated carbocycles. The van der Waals surface area contributed by atoms with E-state index in [0.717, 1.165) is 0 Å². The average molecular weight is 253 g/mol. The number of aliphatic hydroxyl groups excluding tert-OH is 1. The third kappa shape index (κ3) is 3.92. The molecule has 100 valence electrons. The summed E-state index contributed by atoms with van der Waals surface area (Å²) < 4.78 is 10.7. The van der Waals surface area contributed by atoms with Crippen molar-refractivity contribution < 1.29 is 19.4 Å². The van der Waals surface area contributed by atoms with E-state index >= 15 is 0 Å². The van der Waals surface area contributed by atoms with Gasteiger partial charge in [-0.1, -0.05) is 12.1 Å². The number of para-hydroxylation sites is 1. The topological polar surface area (TPSA) is 67.8 Å². The van der Waals surface area contributed by atoms with Gasteiger partial charge < -0.3 is 19.9 Å². The van der Waals surface area contributed by atoms with Crippen LogP contribution in [0.15, 0.2) is 18.2 Å². The number of rotatable bonds is 7. The molecule has 0 fully saturated rings. The van der Waals surface area contributed by atoms with Crippen LogP contribution in [0.5, 0.6) is 11.5 Å².